The van der Waals surface area contributed by atoms with Gasteiger partial charge in [0.2, 0.25) is 0 Å². The lowest BCUT2D eigenvalue weighted by molar-refractivity contribution is 0.240. The zero-order chi connectivity index (χ0) is 10.7. The molecule has 2 N–H and O–H groups in total. The molecule has 1 unspecified atom stereocenters. The molecule has 0 spiro atoms. The molecule has 1 aromatic heterocycles. The van der Waals surface area contributed by atoms with E-state index >= 15 is 0 Å². The highest BCUT2D eigenvalue weighted by molar-refractivity contribution is 5.85. The number of hydrogen-bond acceptors (Lipinski definition) is 3. The molecule has 1 atom stereocenters. The Hall–Kier alpha value is -0.580. The van der Waals surface area contributed by atoms with Crippen LogP contribution in [-0.4, -0.2) is 40.5 Å². The first-order valence-corrected chi connectivity index (χ1v) is 5.68. The van der Waals surface area contributed by atoms with Crippen molar-refractivity contribution in [1.82, 2.24) is 20.2 Å². The van der Waals surface area contributed by atoms with Gasteiger partial charge in [-0.2, -0.15) is 0 Å². The molecular formula is C11H21ClN4. The van der Waals surface area contributed by atoms with Gasteiger partial charge in [-0.3, -0.25) is 4.90 Å². The molecule has 2 rings (SSSR count). The van der Waals surface area contributed by atoms with Crippen LogP contribution in [0.15, 0.2) is 12.4 Å². The average Bonchev–Trinajstić information content (AvgIpc) is 2.96. The summed E-state index contributed by atoms with van der Waals surface area (Å²) in [5.74, 6) is 1.01. The second kappa shape index (κ2) is 6.23. The Kier molecular flexibility index (Phi) is 5.25. The van der Waals surface area contributed by atoms with Gasteiger partial charge >= 0.3 is 0 Å². The second-order valence-electron chi connectivity index (χ2n) is 4.41. The van der Waals surface area contributed by atoms with Crippen molar-refractivity contribution < 1.29 is 0 Å². The third kappa shape index (κ3) is 3.77. The third-order valence-electron chi connectivity index (χ3n) is 3.11. The van der Waals surface area contributed by atoms with E-state index in [2.05, 4.69) is 34.2 Å². The summed E-state index contributed by atoms with van der Waals surface area (Å²) in [7, 11) is 2.22. The van der Waals surface area contributed by atoms with Gasteiger partial charge in [-0.25, -0.2) is 4.98 Å². The number of imidazole rings is 1. The zero-order valence-electron chi connectivity index (χ0n) is 9.94. The minimum Gasteiger partial charge on any atom is -0.348 e. The molecule has 0 bridgehead atoms. The Bertz CT molecular complexity index is 284. The summed E-state index contributed by atoms with van der Waals surface area (Å²) in [5, 5.41) is 3.42. The average molecular weight is 245 g/mol. The molecule has 5 heteroatoms. The van der Waals surface area contributed by atoms with Gasteiger partial charge in [-0.15, -0.1) is 12.4 Å². The number of halogens is 1. The quantitative estimate of drug-likeness (QED) is 0.795. The summed E-state index contributed by atoms with van der Waals surface area (Å²) < 4.78 is 0. The highest BCUT2D eigenvalue weighted by atomic mass is 35.5. The summed E-state index contributed by atoms with van der Waals surface area (Å²) in [6, 6.07) is 1.44. The Morgan fingerprint density at radius 2 is 2.38 bits per heavy atom. The number of aromatic nitrogens is 2. The number of nitrogens with one attached hydrogen (secondary N) is 2. The fraction of sp³-hybridized carbons (Fsp3) is 0.727. The van der Waals surface area contributed by atoms with E-state index < -0.39 is 0 Å². The van der Waals surface area contributed by atoms with Gasteiger partial charge < -0.3 is 10.3 Å². The van der Waals surface area contributed by atoms with Crippen LogP contribution in [0.4, 0.5) is 0 Å². The molecule has 1 fully saturated rings. The molecule has 0 amide bonds. The predicted molar refractivity (Wildman–Crippen MR) is 67.8 cm³/mol. The second-order valence-corrected chi connectivity index (χ2v) is 4.41. The first kappa shape index (κ1) is 13.5. The van der Waals surface area contributed by atoms with Gasteiger partial charge in [0.1, 0.15) is 5.82 Å². The Balaban J connectivity index is 0.00000128. The highest BCUT2D eigenvalue weighted by Gasteiger charge is 2.28. The van der Waals surface area contributed by atoms with Crippen molar-refractivity contribution in [3.63, 3.8) is 0 Å². The molecule has 1 aromatic rings. The predicted octanol–water partition coefficient (Wildman–Crippen LogP) is 1.40. The summed E-state index contributed by atoms with van der Waals surface area (Å²) in [6.45, 7) is 4.12. The first-order chi connectivity index (χ1) is 7.27. The number of nitrogens with zero attached hydrogens (tertiary/aromatic N) is 2. The van der Waals surface area contributed by atoms with Crippen LogP contribution in [-0.2, 0) is 6.54 Å². The van der Waals surface area contributed by atoms with Gasteiger partial charge in [-0.1, -0.05) is 0 Å². The van der Waals surface area contributed by atoms with Crippen molar-refractivity contribution >= 4 is 12.4 Å². The number of aromatic amines is 1. The van der Waals surface area contributed by atoms with Crippen molar-refractivity contribution in [1.29, 1.82) is 0 Å². The van der Waals surface area contributed by atoms with E-state index in [0.29, 0.717) is 6.04 Å². The minimum atomic E-state index is 0. The van der Waals surface area contributed by atoms with Gasteiger partial charge in [0.05, 0.1) is 6.54 Å². The standard InChI is InChI=1S/C11H20N4.ClH/c1-9(15(2)10-3-4-10)7-12-8-11-13-5-6-14-11;/h5-6,9-10,12H,3-4,7-8H2,1-2H3,(H,13,14);1H. The van der Waals surface area contributed by atoms with Crippen LogP contribution in [0.3, 0.4) is 0 Å². The molecule has 16 heavy (non-hydrogen) atoms. The molecule has 1 aliphatic rings. The summed E-state index contributed by atoms with van der Waals surface area (Å²) >= 11 is 0. The minimum absolute atomic E-state index is 0. The van der Waals surface area contributed by atoms with Gasteiger partial charge in [0, 0.05) is 31.0 Å². The molecule has 0 aromatic carbocycles. The molecule has 0 saturated heterocycles. The van der Waals surface area contributed by atoms with Gasteiger partial charge in [0.15, 0.2) is 0 Å². The van der Waals surface area contributed by atoms with Crippen molar-refractivity contribution in [3.05, 3.63) is 18.2 Å². The highest BCUT2D eigenvalue weighted by Crippen LogP contribution is 2.26. The molecule has 0 radical (unpaired) electrons. The van der Waals surface area contributed by atoms with Crippen LogP contribution in [0.2, 0.25) is 0 Å². The lowest BCUT2D eigenvalue weighted by Crippen LogP contribution is -2.39. The van der Waals surface area contributed by atoms with Crippen LogP contribution in [0.5, 0.6) is 0 Å². The fourth-order valence-electron chi connectivity index (χ4n) is 1.78. The van der Waals surface area contributed by atoms with E-state index in [4.69, 9.17) is 0 Å². The summed E-state index contributed by atoms with van der Waals surface area (Å²) in [5.41, 5.74) is 0. The van der Waals surface area contributed by atoms with Crippen molar-refractivity contribution in [3.8, 4) is 0 Å². The molecule has 4 nitrogen and oxygen atoms in total. The fourth-order valence-corrected chi connectivity index (χ4v) is 1.78. The van der Waals surface area contributed by atoms with E-state index in [1.807, 2.05) is 6.20 Å². The maximum absolute atomic E-state index is 4.17. The normalized spacial score (nSPS) is 17.2. The largest absolute Gasteiger partial charge is 0.348 e. The van der Waals surface area contributed by atoms with Crippen LogP contribution < -0.4 is 5.32 Å². The third-order valence-corrected chi connectivity index (χ3v) is 3.11. The summed E-state index contributed by atoms with van der Waals surface area (Å²) in [4.78, 5) is 9.73. The van der Waals surface area contributed by atoms with E-state index in [9.17, 15) is 0 Å². The van der Waals surface area contributed by atoms with Gasteiger partial charge in [0.25, 0.3) is 0 Å². The zero-order valence-corrected chi connectivity index (χ0v) is 10.8. The first-order valence-electron chi connectivity index (χ1n) is 5.68. The van der Waals surface area contributed by atoms with Crippen molar-refractivity contribution in [2.45, 2.75) is 38.4 Å². The van der Waals surface area contributed by atoms with Crippen LogP contribution in [0.1, 0.15) is 25.6 Å². The monoisotopic (exact) mass is 244 g/mol. The lowest BCUT2D eigenvalue weighted by atomic mass is 10.3. The molecule has 0 aliphatic heterocycles. The van der Waals surface area contributed by atoms with Crippen molar-refractivity contribution in [2.75, 3.05) is 13.6 Å². The van der Waals surface area contributed by atoms with Crippen LogP contribution in [0, 0.1) is 0 Å². The van der Waals surface area contributed by atoms with Crippen molar-refractivity contribution in [2.24, 2.45) is 0 Å². The molecular weight excluding hydrogens is 224 g/mol. The van der Waals surface area contributed by atoms with Crippen LogP contribution in [0.25, 0.3) is 0 Å². The Morgan fingerprint density at radius 3 is 2.94 bits per heavy atom. The van der Waals surface area contributed by atoms with E-state index in [1.54, 1.807) is 6.20 Å². The number of rotatable bonds is 6. The smallest absolute Gasteiger partial charge is 0.120 e. The Morgan fingerprint density at radius 1 is 1.62 bits per heavy atom. The Labute approximate surface area is 103 Å². The number of likely N-dealkylation sites (N-methyl/N-ethyl adjacent to an activating group) is 1. The number of H-pyrrole nitrogens is 1. The maximum atomic E-state index is 4.17. The molecule has 92 valence electrons. The lowest BCUT2D eigenvalue weighted by Gasteiger charge is -2.24. The number of hydrogen-bond donors (Lipinski definition) is 2. The molecule has 1 saturated carbocycles. The topological polar surface area (TPSA) is 44.0 Å². The van der Waals surface area contributed by atoms with E-state index in [-0.39, 0.29) is 12.4 Å². The van der Waals surface area contributed by atoms with Crippen LogP contribution >= 0.6 is 12.4 Å². The van der Waals surface area contributed by atoms with E-state index in [1.165, 1.54) is 12.8 Å². The van der Waals surface area contributed by atoms with Gasteiger partial charge in [-0.05, 0) is 26.8 Å². The SMILES string of the molecule is CC(CNCc1ncc[nH]1)N(C)C1CC1.Cl. The molecule has 1 aliphatic carbocycles. The summed E-state index contributed by atoms with van der Waals surface area (Å²) in [6.07, 6.45) is 6.39. The van der Waals surface area contributed by atoms with E-state index in [0.717, 1.165) is 25.0 Å². The molecule has 1 heterocycles. The maximum Gasteiger partial charge on any atom is 0.120 e.